The molecule has 0 saturated heterocycles. The zero-order valence-electron chi connectivity index (χ0n) is 11.1. The molecule has 1 fully saturated rings. The zero-order chi connectivity index (χ0) is 13.9. The number of hydrogen-bond acceptors (Lipinski definition) is 2. The number of rotatable bonds is 5. The SMILES string of the molecule is Clc1ccc(CN(Cc2ccncc2)C2CC2)c(Br)c1. The van der Waals surface area contributed by atoms with Crippen LogP contribution in [0.5, 0.6) is 0 Å². The van der Waals surface area contributed by atoms with Crippen molar-refractivity contribution in [2.75, 3.05) is 0 Å². The van der Waals surface area contributed by atoms with Gasteiger partial charge in [-0.25, -0.2) is 0 Å². The molecule has 104 valence electrons. The van der Waals surface area contributed by atoms with Crippen molar-refractivity contribution in [3.05, 3.63) is 63.3 Å². The van der Waals surface area contributed by atoms with E-state index < -0.39 is 0 Å². The molecule has 1 saturated carbocycles. The Morgan fingerprint density at radius 2 is 1.90 bits per heavy atom. The van der Waals surface area contributed by atoms with Crippen molar-refractivity contribution in [2.45, 2.75) is 32.0 Å². The first-order valence-electron chi connectivity index (χ1n) is 6.79. The highest BCUT2D eigenvalue weighted by atomic mass is 79.9. The predicted octanol–water partition coefficient (Wildman–Crippen LogP) is 4.66. The molecular formula is C16H16BrClN2. The van der Waals surface area contributed by atoms with Crippen molar-refractivity contribution in [3.8, 4) is 0 Å². The summed E-state index contributed by atoms with van der Waals surface area (Å²) in [5.74, 6) is 0. The summed E-state index contributed by atoms with van der Waals surface area (Å²) >= 11 is 9.62. The van der Waals surface area contributed by atoms with Crippen LogP contribution in [0.1, 0.15) is 24.0 Å². The molecule has 3 rings (SSSR count). The van der Waals surface area contributed by atoms with E-state index in [1.807, 2.05) is 24.5 Å². The predicted molar refractivity (Wildman–Crippen MR) is 85.7 cm³/mol. The van der Waals surface area contributed by atoms with E-state index in [1.54, 1.807) is 0 Å². The van der Waals surface area contributed by atoms with Gasteiger partial charge in [0.05, 0.1) is 0 Å². The van der Waals surface area contributed by atoms with Crippen LogP contribution in [0.2, 0.25) is 5.02 Å². The van der Waals surface area contributed by atoms with Gasteiger partial charge >= 0.3 is 0 Å². The highest BCUT2D eigenvalue weighted by Gasteiger charge is 2.29. The van der Waals surface area contributed by atoms with Gasteiger partial charge in [0.25, 0.3) is 0 Å². The van der Waals surface area contributed by atoms with Gasteiger partial charge in [0.2, 0.25) is 0 Å². The van der Waals surface area contributed by atoms with Gasteiger partial charge in [-0.3, -0.25) is 9.88 Å². The maximum absolute atomic E-state index is 6.01. The molecule has 1 heterocycles. The second kappa shape index (κ2) is 6.25. The lowest BCUT2D eigenvalue weighted by Gasteiger charge is -2.22. The average molecular weight is 352 g/mol. The van der Waals surface area contributed by atoms with E-state index in [9.17, 15) is 0 Å². The van der Waals surface area contributed by atoms with E-state index in [1.165, 1.54) is 24.0 Å². The van der Waals surface area contributed by atoms with Crippen LogP contribution in [0.25, 0.3) is 0 Å². The Morgan fingerprint density at radius 3 is 2.55 bits per heavy atom. The molecule has 4 heteroatoms. The Morgan fingerprint density at radius 1 is 1.15 bits per heavy atom. The van der Waals surface area contributed by atoms with Crippen molar-refractivity contribution in [3.63, 3.8) is 0 Å². The standard InChI is InChI=1S/C16H16BrClN2/c17-16-9-14(18)2-1-13(16)11-20(15-3-4-15)10-12-5-7-19-8-6-12/h1-2,5-9,15H,3-4,10-11H2. The normalized spacial score (nSPS) is 14.8. The minimum Gasteiger partial charge on any atom is -0.292 e. The van der Waals surface area contributed by atoms with Crippen LogP contribution in [0.3, 0.4) is 0 Å². The minimum absolute atomic E-state index is 0.714. The summed E-state index contributed by atoms with van der Waals surface area (Å²) in [6.07, 6.45) is 6.32. The Kier molecular flexibility index (Phi) is 4.39. The van der Waals surface area contributed by atoms with Gasteiger partial charge in [-0.15, -0.1) is 0 Å². The molecule has 1 aromatic heterocycles. The van der Waals surface area contributed by atoms with E-state index in [-0.39, 0.29) is 0 Å². The van der Waals surface area contributed by atoms with Gasteiger partial charge in [-0.1, -0.05) is 33.6 Å². The highest BCUT2D eigenvalue weighted by molar-refractivity contribution is 9.10. The monoisotopic (exact) mass is 350 g/mol. The Hall–Kier alpha value is -0.900. The fraction of sp³-hybridized carbons (Fsp3) is 0.312. The number of pyridine rings is 1. The molecule has 0 radical (unpaired) electrons. The largest absolute Gasteiger partial charge is 0.292 e. The summed E-state index contributed by atoms with van der Waals surface area (Å²) < 4.78 is 1.09. The number of nitrogens with zero attached hydrogens (tertiary/aromatic N) is 2. The molecule has 0 N–H and O–H groups in total. The van der Waals surface area contributed by atoms with Crippen LogP contribution in [-0.4, -0.2) is 15.9 Å². The molecule has 0 atom stereocenters. The van der Waals surface area contributed by atoms with Crippen LogP contribution in [0.4, 0.5) is 0 Å². The summed E-state index contributed by atoms with van der Waals surface area (Å²) in [4.78, 5) is 6.61. The van der Waals surface area contributed by atoms with Crippen LogP contribution in [-0.2, 0) is 13.1 Å². The fourth-order valence-electron chi connectivity index (χ4n) is 2.35. The summed E-state index contributed by atoms with van der Waals surface area (Å²) in [6, 6.07) is 10.9. The highest BCUT2D eigenvalue weighted by Crippen LogP contribution is 2.31. The van der Waals surface area contributed by atoms with Crippen molar-refractivity contribution in [2.24, 2.45) is 0 Å². The summed E-state index contributed by atoms with van der Waals surface area (Å²) in [6.45, 7) is 1.92. The van der Waals surface area contributed by atoms with Gasteiger partial charge in [0.15, 0.2) is 0 Å². The molecule has 1 aromatic carbocycles. The third-order valence-corrected chi connectivity index (χ3v) is 4.56. The van der Waals surface area contributed by atoms with Crippen molar-refractivity contribution in [1.29, 1.82) is 0 Å². The molecule has 2 nitrogen and oxygen atoms in total. The maximum atomic E-state index is 6.01. The van der Waals surface area contributed by atoms with Crippen LogP contribution in [0.15, 0.2) is 47.2 Å². The van der Waals surface area contributed by atoms with E-state index in [0.717, 1.165) is 22.6 Å². The van der Waals surface area contributed by atoms with Gasteiger partial charge in [0.1, 0.15) is 0 Å². The molecule has 2 aromatic rings. The van der Waals surface area contributed by atoms with Crippen LogP contribution < -0.4 is 0 Å². The molecule has 1 aliphatic carbocycles. The quantitative estimate of drug-likeness (QED) is 0.778. The molecule has 0 bridgehead atoms. The van der Waals surface area contributed by atoms with Gasteiger partial charge in [0, 0.05) is 41.0 Å². The number of hydrogen-bond donors (Lipinski definition) is 0. The molecule has 1 aliphatic rings. The minimum atomic E-state index is 0.714. The maximum Gasteiger partial charge on any atom is 0.0417 e. The molecule has 0 spiro atoms. The fourth-order valence-corrected chi connectivity index (χ4v) is 3.15. The Balaban J connectivity index is 1.74. The van der Waals surface area contributed by atoms with E-state index >= 15 is 0 Å². The van der Waals surface area contributed by atoms with Crippen molar-refractivity contribution >= 4 is 27.5 Å². The lowest BCUT2D eigenvalue weighted by atomic mass is 10.2. The second-order valence-corrected chi connectivity index (χ2v) is 6.52. The lowest BCUT2D eigenvalue weighted by Crippen LogP contribution is -2.25. The van der Waals surface area contributed by atoms with E-state index in [2.05, 4.69) is 44.0 Å². The smallest absolute Gasteiger partial charge is 0.0417 e. The van der Waals surface area contributed by atoms with Crippen LogP contribution in [0, 0.1) is 0 Å². The Labute approximate surface area is 132 Å². The van der Waals surface area contributed by atoms with E-state index in [0.29, 0.717) is 6.04 Å². The van der Waals surface area contributed by atoms with Gasteiger partial charge in [-0.2, -0.15) is 0 Å². The third-order valence-electron chi connectivity index (χ3n) is 3.59. The average Bonchev–Trinajstić information content (AvgIpc) is 3.26. The number of halogens is 2. The van der Waals surface area contributed by atoms with Crippen molar-refractivity contribution < 1.29 is 0 Å². The van der Waals surface area contributed by atoms with Gasteiger partial charge in [-0.05, 0) is 48.2 Å². The summed E-state index contributed by atoms with van der Waals surface area (Å²) in [5.41, 5.74) is 2.60. The van der Waals surface area contributed by atoms with Crippen LogP contribution >= 0.6 is 27.5 Å². The van der Waals surface area contributed by atoms with E-state index in [4.69, 9.17) is 11.6 Å². The third kappa shape index (κ3) is 3.60. The van der Waals surface area contributed by atoms with Crippen molar-refractivity contribution in [1.82, 2.24) is 9.88 Å². The molecule has 0 amide bonds. The number of aromatic nitrogens is 1. The topological polar surface area (TPSA) is 16.1 Å². The first kappa shape index (κ1) is 14.1. The first-order chi connectivity index (χ1) is 9.72. The molecule has 0 aliphatic heterocycles. The molecule has 0 unspecified atom stereocenters. The number of benzene rings is 1. The zero-order valence-corrected chi connectivity index (χ0v) is 13.4. The summed E-state index contributed by atoms with van der Waals surface area (Å²) in [5, 5.41) is 0.771. The van der Waals surface area contributed by atoms with Gasteiger partial charge < -0.3 is 0 Å². The molecular weight excluding hydrogens is 336 g/mol. The Bertz CT molecular complexity index is 584. The second-order valence-electron chi connectivity index (χ2n) is 5.23. The first-order valence-corrected chi connectivity index (χ1v) is 7.96. The summed E-state index contributed by atoms with van der Waals surface area (Å²) in [7, 11) is 0. The lowest BCUT2D eigenvalue weighted by molar-refractivity contribution is 0.245. The molecule has 20 heavy (non-hydrogen) atoms.